The molecule has 29 heavy (non-hydrogen) atoms. The maximum atomic E-state index is 12.4. The second-order valence-corrected chi connectivity index (χ2v) is 8.12. The molecule has 1 unspecified atom stereocenters. The van der Waals surface area contributed by atoms with Crippen LogP contribution in [0.1, 0.15) is 39.9 Å². The fraction of sp³-hybridized carbons (Fsp3) is 0.286. The number of aromatic nitrogens is 2. The van der Waals surface area contributed by atoms with Gasteiger partial charge in [-0.3, -0.25) is 14.7 Å². The van der Waals surface area contributed by atoms with Crippen molar-refractivity contribution in [2.45, 2.75) is 38.7 Å². The van der Waals surface area contributed by atoms with E-state index in [1.54, 1.807) is 12.1 Å². The molecule has 2 aromatic heterocycles. The summed E-state index contributed by atoms with van der Waals surface area (Å²) < 4.78 is 6.65. The monoisotopic (exact) mass is 411 g/mol. The van der Waals surface area contributed by atoms with Gasteiger partial charge in [0.05, 0.1) is 5.69 Å². The smallest absolute Gasteiger partial charge is 0.349 e. The number of anilines is 1. The summed E-state index contributed by atoms with van der Waals surface area (Å²) in [6.45, 7) is 1.51. The van der Waals surface area contributed by atoms with E-state index in [-0.39, 0.29) is 11.4 Å². The first-order valence-electron chi connectivity index (χ1n) is 9.52. The molecule has 2 N–H and O–H groups in total. The van der Waals surface area contributed by atoms with Crippen LogP contribution in [0, 0.1) is 0 Å². The Morgan fingerprint density at radius 1 is 1.17 bits per heavy atom. The predicted octanol–water partition coefficient (Wildman–Crippen LogP) is 3.29. The molecule has 8 heteroatoms. The summed E-state index contributed by atoms with van der Waals surface area (Å²) in [5, 5.41) is 5.42. The van der Waals surface area contributed by atoms with Crippen LogP contribution < -0.4 is 10.9 Å². The van der Waals surface area contributed by atoms with Gasteiger partial charge in [0.1, 0.15) is 10.7 Å². The lowest BCUT2D eigenvalue weighted by atomic mass is 9.99. The maximum absolute atomic E-state index is 12.4. The zero-order valence-corrected chi connectivity index (χ0v) is 16.8. The summed E-state index contributed by atoms with van der Waals surface area (Å²) in [5.74, 6) is -0.776. The zero-order valence-electron chi connectivity index (χ0n) is 15.9. The number of fused-ring (bicyclic) bond motifs is 1. The van der Waals surface area contributed by atoms with Gasteiger partial charge in [0, 0.05) is 10.9 Å². The van der Waals surface area contributed by atoms with Gasteiger partial charge in [0.2, 0.25) is 0 Å². The number of thiophene rings is 1. The Morgan fingerprint density at radius 2 is 1.93 bits per heavy atom. The Kier molecular flexibility index (Phi) is 5.35. The van der Waals surface area contributed by atoms with Crippen molar-refractivity contribution in [3.05, 3.63) is 68.1 Å². The lowest BCUT2D eigenvalue weighted by Gasteiger charge is -2.12. The lowest BCUT2D eigenvalue weighted by Crippen LogP contribution is -2.30. The van der Waals surface area contributed by atoms with E-state index in [0.717, 1.165) is 25.7 Å². The van der Waals surface area contributed by atoms with Crippen LogP contribution in [0.4, 0.5) is 5.82 Å². The van der Waals surface area contributed by atoms with E-state index >= 15 is 0 Å². The molecule has 150 valence electrons. The molecule has 2 heterocycles. The summed E-state index contributed by atoms with van der Waals surface area (Å²) in [6, 6.07) is 12.2. The second-order valence-electron chi connectivity index (χ2n) is 6.98. The van der Waals surface area contributed by atoms with Gasteiger partial charge in [-0.2, -0.15) is 0 Å². The van der Waals surface area contributed by atoms with E-state index in [1.807, 2.05) is 24.3 Å². The Balaban J connectivity index is 1.40. The number of rotatable bonds is 5. The third-order valence-corrected chi connectivity index (χ3v) is 6.06. The summed E-state index contributed by atoms with van der Waals surface area (Å²) >= 11 is 1.45. The fourth-order valence-corrected chi connectivity index (χ4v) is 4.46. The van der Waals surface area contributed by atoms with E-state index in [2.05, 4.69) is 10.4 Å². The van der Waals surface area contributed by atoms with Crippen LogP contribution >= 0.6 is 11.3 Å². The maximum Gasteiger partial charge on any atom is 0.349 e. The summed E-state index contributed by atoms with van der Waals surface area (Å²) in [7, 11) is 0. The Morgan fingerprint density at radius 3 is 2.69 bits per heavy atom. The number of amides is 1. The first-order valence-corrected chi connectivity index (χ1v) is 10.3. The van der Waals surface area contributed by atoms with Gasteiger partial charge in [-0.25, -0.2) is 9.48 Å². The molecule has 1 atom stereocenters. The van der Waals surface area contributed by atoms with Crippen molar-refractivity contribution in [2.75, 3.05) is 5.32 Å². The minimum Gasteiger partial charge on any atom is -0.448 e. The normalized spacial score (nSPS) is 14.1. The van der Waals surface area contributed by atoms with Crippen molar-refractivity contribution in [1.82, 2.24) is 9.78 Å². The van der Waals surface area contributed by atoms with Crippen LogP contribution in [0.3, 0.4) is 0 Å². The first-order chi connectivity index (χ1) is 14.0. The number of para-hydroxylation sites is 1. The van der Waals surface area contributed by atoms with Gasteiger partial charge in [0.15, 0.2) is 6.10 Å². The lowest BCUT2D eigenvalue weighted by molar-refractivity contribution is -0.123. The number of hydrogen-bond donors (Lipinski definition) is 2. The topological polar surface area (TPSA) is 93.2 Å². The number of ether oxygens (including phenoxy) is 1. The van der Waals surface area contributed by atoms with Gasteiger partial charge in [-0.1, -0.05) is 18.2 Å². The van der Waals surface area contributed by atoms with E-state index in [1.165, 1.54) is 39.4 Å². The van der Waals surface area contributed by atoms with Gasteiger partial charge >= 0.3 is 5.97 Å². The molecule has 4 rings (SSSR count). The number of esters is 1. The van der Waals surface area contributed by atoms with Crippen LogP contribution in [0.2, 0.25) is 0 Å². The number of carbonyl (C=O) groups excluding carboxylic acids is 2. The quantitative estimate of drug-likeness (QED) is 0.630. The molecule has 1 aromatic carbocycles. The van der Waals surface area contributed by atoms with Gasteiger partial charge in [-0.15, -0.1) is 11.3 Å². The third-order valence-electron chi connectivity index (χ3n) is 4.84. The summed E-state index contributed by atoms with van der Waals surface area (Å²) in [6.07, 6.45) is 3.26. The predicted molar refractivity (Wildman–Crippen MR) is 111 cm³/mol. The van der Waals surface area contributed by atoms with Crippen molar-refractivity contribution in [3.8, 4) is 5.69 Å². The molecule has 1 aliphatic carbocycles. The third kappa shape index (κ3) is 4.17. The van der Waals surface area contributed by atoms with Gasteiger partial charge in [-0.05, 0) is 56.4 Å². The minimum absolute atomic E-state index is 0.235. The number of benzene rings is 1. The molecule has 0 saturated heterocycles. The molecule has 0 spiro atoms. The number of aromatic amines is 1. The number of hydrogen-bond acceptors (Lipinski definition) is 5. The van der Waals surface area contributed by atoms with Gasteiger partial charge < -0.3 is 10.1 Å². The fourth-order valence-electron chi connectivity index (χ4n) is 3.33. The van der Waals surface area contributed by atoms with E-state index in [9.17, 15) is 14.4 Å². The molecule has 0 saturated carbocycles. The van der Waals surface area contributed by atoms with Crippen molar-refractivity contribution in [3.63, 3.8) is 0 Å². The molecule has 0 radical (unpaired) electrons. The summed E-state index contributed by atoms with van der Waals surface area (Å²) in [5.41, 5.74) is 1.56. The van der Waals surface area contributed by atoms with E-state index in [4.69, 9.17) is 4.74 Å². The van der Waals surface area contributed by atoms with E-state index in [0.29, 0.717) is 10.6 Å². The number of aryl methyl sites for hydroxylation is 2. The molecule has 0 fully saturated rings. The van der Waals surface area contributed by atoms with Crippen LogP contribution in [0.25, 0.3) is 5.69 Å². The molecule has 0 bridgehead atoms. The number of H-pyrrole nitrogens is 1. The first kappa shape index (κ1) is 19.2. The van der Waals surface area contributed by atoms with Crippen LogP contribution in [-0.2, 0) is 22.4 Å². The van der Waals surface area contributed by atoms with Gasteiger partial charge in [0.25, 0.3) is 11.5 Å². The Hall–Kier alpha value is -3.13. The summed E-state index contributed by atoms with van der Waals surface area (Å²) in [4.78, 5) is 38.7. The SMILES string of the molecule is CC(OC(=O)c1cc2c(s1)CCCC2)C(=O)Nc1cc(=O)n(-c2ccccc2)[nH]1. The standard InChI is InChI=1S/C21H21N3O4S/c1-13(28-21(27)17-11-14-7-5-6-10-16(14)29-17)20(26)22-18-12-19(25)24(23-18)15-8-3-2-4-9-15/h2-4,8-9,11-13,23H,5-7,10H2,1H3,(H,22,26). The van der Waals surface area contributed by atoms with E-state index < -0.39 is 18.0 Å². The highest BCUT2D eigenvalue weighted by Gasteiger charge is 2.23. The second kappa shape index (κ2) is 8.08. The molecule has 3 aromatic rings. The number of nitrogens with zero attached hydrogens (tertiary/aromatic N) is 1. The molecular weight excluding hydrogens is 390 g/mol. The van der Waals surface area contributed by atoms with Crippen molar-refractivity contribution in [1.29, 1.82) is 0 Å². The Labute approximate surface area is 171 Å². The van der Waals surface area contributed by atoms with Crippen LogP contribution in [-0.4, -0.2) is 27.8 Å². The van der Waals surface area contributed by atoms with Crippen molar-refractivity contribution in [2.24, 2.45) is 0 Å². The zero-order chi connectivity index (χ0) is 20.4. The average molecular weight is 411 g/mol. The Bertz CT molecular complexity index is 1070. The highest BCUT2D eigenvalue weighted by atomic mass is 32.1. The van der Waals surface area contributed by atoms with Crippen molar-refractivity contribution < 1.29 is 14.3 Å². The average Bonchev–Trinajstić information content (AvgIpc) is 3.32. The van der Waals surface area contributed by atoms with Crippen molar-refractivity contribution >= 4 is 29.0 Å². The minimum atomic E-state index is -0.995. The highest BCUT2D eigenvalue weighted by Crippen LogP contribution is 2.30. The molecule has 1 aliphatic rings. The largest absolute Gasteiger partial charge is 0.448 e. The van der Waals surface area contributed by atoms with Crippen LogP contribution in [0.5, 0.6) is 0 Å². The molecule has 7 nitrogen and oxygen atoms in total. The molecule has 0 aliphatic heterocycles. The molecular formula is C21H21N3O4S. The van der Waals surface area contributed by atoms with Crippen LogP contribution in [0.15, 0.2) is 47.3 Å². The number of nitrogens with one attached hydrogen (secondary N) is 2. The number of carbonyl (C=O) groups is 2. The highest BCUT2D eigenvalue weighted by molar-refractivity contribution is 7.14. The molecule has 1 amide bonds.